The molecule has 0 aliphatic carbocycles. The average molecular weight is 271 g/mol. The fraction of sp³-hybridized carbons (Fsp3) is 0.333. The van der Waals surface area contributed by atoms with E-state index < -0.39 is 0 Å². The van der Waals surface area contributed by atoms with Gasteiger partial charge in [-0.2, -0.15) is 0 Å². The normalized spacial score (nSPS) is 14.2. The molecule has 2 aromatic rings. The van der Waals surface area contributed by atoms with E-state index in [1.165, 1.54) is 21.7 Å². The van der Waals surface area contributed by atoms with Crippen molar-refractivity contribution in [2.24, 2.45) is 0 Å². The number of aromatic nitrogens is 2. The van der Waals surface area contributed by atoms with Crippen molar-refractivity contribution in [2.75, 3.05) is 6.54 Å². The SMILES string of the molecule is Cc1ccc(SCc2ncc3c(n2)CCNC3)cc1. The highest BCUT2D eigenvalue weighted by molar-refractivity contribution is 7.98. The summed E-state index contributed by atoms with van der Waals surface area (Å²) in [7, 11) is 0. The van der Waals surface area contributed by atoms with Gasteiger partial charge in [0.05, 0.1) is 5.75 Å². The second-order valence-electron chi connectivity index (χ2n) is 4.79. The molecule has 3 rings (SSSR count). The number of nitrogens with one attached hydrogen (secondary N) is 1. The molecule has 1 aromatic heterocycles. The van der Waals surface area contributed by atoms with Gasteiger partial charge in [0.15, 0.2) is 0 Å². The van der Waals surface area contributed by atoms with E-state index >= 15 is 0 Å². The predicted octanol–water partition coefficient (Wildman–Crippen LogP) is 2.72. The van der Waals surface area contributed by atoms with Gasteiger partial charge in [-0.3, -0.25) is 0 Å². The van der Waals surface area contributed by atoms with E-state index in [4.69, 9.17) is 0 Å². The maximum absolute atomic E-state index is 4.67. The number of benzene rings is 1. The molecule has 0 spiro atoms. The minimum Gasteiger partial charge on any atom is -0.312 e. The van der Waals surface area contributed by atoms with Crippen LogP contribution >= 0.6 is 11.8 Å². The molecule has 3 nitrogen and oxygen atoms in total. The first kappa shape index (κ1) is 12.6. The molecule has 0 atom stereocenters. The second-order valence-corrected chi connectivity index (χ2v) is 5.84. The number of thioether (sulfide) groups is 1. The number of hydrogen-bond acceptors (Lipinski definition) is 4. The summed E-state index contributed by atoms with van der Waals surface area (Å²) >= 11 is 1.79. The van der Waals surface area contributed by atoms with Crippen LogP contribution in [0.4, 0.5) is 0 Å². The molecule has 1 N–H and O–H groups in total. The van der Waals surface area contributed by atoms with Gasteiger partial charge in [-0.05, 0) is 19.1 Å². The molecule has 0 radical (unpaired) electrons. The van der Waals surface area contributed by atoms with Gasteiger partial charge < -0.3 is 5.32 Å². The predicted molar refractivity (Wildman–Crippen MR) is 78.2 cm³/mol. The number of fused-ring (bicyclic) bond motifs is 1. The molecule has 0 saturated heterocycles. The summed E-state index contributed by atoms with van der Waals surface area (Å²) in [6.45, 7) is 4.03. The number of aryl methyl sites for hydroxylation is 1. The third-order valence-electron chi connectivity index (χ3n) is 3.25. The standard InChI is InChI=1S/C15H17N3S/c1-11-2-4-13(5-3-11)19-10-15-17-9-12-8-16-7-6-14(12)18-15/h2-5,9,16H,6-8,10H2,1H3. The van der Waals surface area contributed by atoms with Crippen LogP contribution in [-0.2, 0) is 18.7 Å². The second kappa shape index (κ2) is 5.72. The first-order valence-electron chi connectivity index (χ1n) is 6.55. The van der Waals surface area contributed by atoms with Gasteiger partial charge in [0, 0.05) is 41.9 Å². The van der Waals surface area contributed by atoms with Crippen molar-refractivity contribution in [2.45, 2.75) is 30.5 Å². The fourth-order valence-corrected chi connectivity index (χ4v) is 2.89. The molecule has 0 unspecified atom stereocenters. The lowest BCUT2D eigenvalue weighted by Crippen LogP contribution is -2.25. The summed E-state index contributed by atoms with van der Waals surface area (Å²) in [5.41, 5.74) is 3.76. The minimum atomic E-state index is 0.837. The van der Waals surface area contributed by atoms with Gasteiger partial charge in [0.25, 0.3) is 0 Å². The van der Waals surface area contributed by atoms with Crippen LogP contribution in [0.5, 0.6) is 0 Å². The van der Waals surface area contributed by atoms with Crippen LogP contribution in [0, 0.1) is 6.92 Å². The zero-order valence-electron chi connectivity index (χ0n) is 11.0. The molecule has 0 fully saturated rings. The molecular weight excluding hydrogens is 254 g/mol. The van der Waals surface area contributed by atoms with Crippen LogP contribution in [-0.4, -0.2) is 16.5 Å². The Morgan fingerprint density at radius 1 is 1.26 bits per heavy atom. The van der Waals surface area contributed by atoms with Crippen LogP contribution in [0.1, 0.15) is 22.6 Å². The first-order valence-corrected chi connectivity index (χ1v) is 7.54. The quantitative estimate of drug-likeness (QED) is 0.871. The summed E-state index contributed by atoms with van der Waals surface area (Å²) < 4.78 is 0. The molecule has 0 amide bonds. The molecule has 1 aromatic carbocycles. The summed E-state index contributed by atoms with van der Waals surface area (Å²) in [6.07, 6.45) is 2.99. The van der Waals surface area contributed by atoms with E-state index in [1.807, 2.05) is 6.20 Å². The number of rotatable bonds is 3. The van der Waals surface area contributed by atoms with Crippen molar-refractivity contribution < 1.29 is 0 Å². The Bertz CT molecular complexity index is 566. The van der Waals surface area contributed by atoms with E-state index in [1.54, 1.807) is 11.8 Å². The zero-order chi connectivity index (χ0) is 13.1. The van der Waals surface area contributed by atoms with E-state index in [2.05, 4.69) is 46.5 Å². The highest BCUT2D eigenvalue weighted by atomic mass is 32.2. The first-order chi connectivity index (χ1) is 9.31. The topological polar surface area (TPSA) is 37.8 Å². The maximum atomic E-state index is 4.67. The lowest BCUT2D eigenvalue weighted by molar-refractivity contribution is 0.622. The molecule has 19 heavy (non-hydrogen) atoms. The van der Waals surface area contributed by atoms with Crippen molar-refractivity contribution in [1.29, 1.82) is 0 Å². The molecule has 0 bridgehead atoms. The molecule has 1 aliphatic rings. The summed E-state index contributed by atoms with van der Waals surface area (Å²) in [5, 5.41) is 3.34. The largest absolute Gasteiger partial charge is 0.312 e. The van der Waals surface area contributed by atoms with Gasteiger partial charge in [0.1, 0.15) is 5.82 Å². The highest BCUT2D eigenvalue weighted by Crippen LogP contribution is 2.22. The van der Waals surface area contributed by atoms with Crippen molar-refractivity contribution in [1.82, 2.24) is 15.3 Å². The summed E-state index contributed by atoms with van der Waals surface area (Å²) in [6, 6.07) is 8.59. The van der Waals surface area contributed by atoms with Crippen molar-refractivity contribution in [3.8, 4) is 0 Å². The van der Waals surface area contributed by atoms with Crippen molar-refractivity contribution >= 4 is 11.8 Å². The van der Waals surface area contributed by atoms with Gasteiger partial charge in [-0.25, -0.2) is 9.97 Å². The van der Waals surface area contributed by atoms with Crippen LogP contribution in [0.15, 0.2) is 35.4 Å². The average Bonchev–Trinajstić information content (AvgIpc) is 2.46. The Morgan fingerprint density at radius 2 is 2.11 bits per heavy atom. The Labute approximate surface area is 117 Å². The molecule has 4 heteroatoms. The molecule has 98 valence electrons. The lowest BCUT2D eigenvalue weighted by Gasteiger charge is -2.15. The highest BCUT2D eigenvalue weighted by Gasteiger charge is 2.11. The van der Waals surface area contributed by atoms with E-state index in [9.17, 15) is 0 Å². The molecule has 1 aliphatic heterocycles. The zero-order valence-corrected chi connectivity index (χ0v) is 11.8. The van der Waals surface area contributed by atoms with Crippen LogP contribution < -0.4 is 5.32 Å². The molecule has 0 saturated carbocycles. The molecular formula is C15H17N3S. The Balaban J connectivity index is 1.68. The van der Waals surface area contributed by atoms with E-state index in [0.717, 1.165) is 31.1 Å². The number of nitrogens with zero attached hydrogens (tertiary/aromatic N) is 2. The number of hydrogen-bond donors (Lipinski definition) is 1. The molecule has 2 heterocycles. The van der Waals surface area contributed by atoms with E-state index in [0.29, 0.717) is 0 Å². The van der Waals surface area contributed by atoms with Crippen LogP contribution in [0.2, 0.25) is 0 Å². The monoisotopic (exact) mass is 271 g/mol. The Hall–Kier alpha value is -1.39. The van der Waals surface area contributed by atoms with Crippen molar-refractivity contribution in [3.63, 3.8) is 0 Å². The van der Waals surface area contributed by atoms with Crippen LogP contribution in [0.3, 0.4) is 0 Å². The van der Waals surface area contributed by atoms with Crippen LogP contribution in [0.25, 0.3) is 0 Å². The Morgan fingerprint density at radius 3 is 2.95 bits per heavy atom. The maximum Gasteiger partial charge on any atom is 0.138 e. The Kier molecular flexibility index (Phi) is 3.80. The summed E-state index contributed by atoms with van der Waals surface area (Å²) in [5.74, 6) is 1.77. The smallest absolute Gasteiger partial charge is 0.138 e. The third-order valence-corrected chi connectivity index (χ3v) is 4.26. The fourth-order valence-electron chi connectivity index (χ4n) is 2.13. The minimum absolute atomic E-state index is 0.837. The van der Waals surface area contributed by atoms with Gasteiger partial charge in [0.2, 0.25) is 0 Å². The summed E-state index contributed by atoms with van der Waals surface area (Å²) in [4.78, 5) is 10.4. The van der Waals surface area contributed by atoms with Gasteiger partial charge in [-0.15, -0.1) is 11.8 Å². The van der Waals surface area contributed by atoms with Gasteiger partial charge >= 0.3 is 0 Å². The van der Waals surface area contributed by atoms with E-state index in [-0.39, 0.29) is 0 Å². The third kappa shape index (κ3) is 3.14. The lowest BCUT2D eigenvalue weighted by atomic mass is 10.1. The van der Waals surface area contributed by atoms with Gasteiger partial charge in [-0.1, -0.05) is 17.7 Å². The van der Waals surface area contributed by atoms with Crippen molar-refractivity contribution in [3.05, 3.63) is 53.1 Å².